The fraction of sp³-hybridized carbons (Fsp3) is 0.0500. The van der Waals surface area contributed by atoms with E-state index < -0.39 is 12.1 Å². The molecule has 24 heavy (non-hydrogen) atoms. The zero-order valence-corrected chi connectivity index (χ0v) is 12.9. The van der Waals surface area contributed by atoms with Gasteiger partial charge in [-0.15, -0.1) is 0 Å². The van der Waals surface area contributed by atoms with Gasteiger partial charge in [0.25, 0.3) is 0 Å². The lowest BCUT2D eigenvalue weighted by Gasteiger charge is -2.25. The van der Waals surface area contributed by atoms with E-state index in [9.17, 15) is 9.90 Å². The van der Waals surface area contributed by atoms with Gasteiger partial charge in [0.05, 0.1) is 0 Å². The van der Waals surface area contributed by atoms with Crippen molar-refractivity contribution in [3.63, 3.8) is 0 Å². The Labute approximate surface area is 140 Å². The molecule has 120 valence electrons. The second kappa shape index (κ2) is 6.98. The quantitative estimate of drug-likeness (QED) is 0.737. The Morgan fingerprint density at radius 3 is 1.54 bits per heavy atom. The van der Waals surface area contributed by atoms with Crippen LogP contribution in [0.15, 0.2) is 84.9 Å². The van der Waals surface area contributed by atoms with E-state index in [2.05, 4.69) is 4.90 Å². The lowest BCUT2D eigenvalue weighted by atomic mass is 10.1. The standard InChI is InChI=1S/C20H17NO3/c22-19(20(23)24)15-11-13-18(14-12-15)21(16-7-3-1-4-8-16)17-9-5-2-6-10-17/h1-14,19,22H,(H,23,24). The van der Waals surface area contributed by atoms with E-state index in [1.807, 2.05) is 72.8 Å². The molecular formula is C20H17NO3. The maximum Gasteiger partial charge on any atom is 0.337 e. The van der Waals surface area contributed by atoms with Crippen molar-refractivity contribution in [1.82, 2.24) is 0 Å². The number of rotatable bonds is 5. The summed E-state index contributed by atoms with van der Waals surface area (Å²) in [6.45, 7) is 0. The molecule has 4 heteroatoms. The predicted molar refractivity (Wildman–Crippen MR) is 93.7 cm³/mol. The molecule has 0 heterocycles. The molecule has 0 saturated carbocycles. The second-order valence-corrected chi connectivity index (χ2v) is 5.34. The maximum atomic E-state index is 10.9. The van der Waals surface area contributed by atoms with E-state index in [0.717, 1.165) is 17.1 Å². The molecule has 1 unspecified atom stereocenters. The largest absolute Gasteiger partial charge is 0.479 e. The minimum atomic E-state index is -1.51. The Morgan fingerprint density at radius 1 is 0.708 bits per heavy atom. The molecule has 3 rings (SSSR count). The number of anilines is 3. The predicted octanol–water partition coefficient (Wildman–Crippen LogP) is 4.27. The SMILES string of the molecule is O=C(O)C(O)c1ccc(N(c2ccccc2)c2ccccc2)cc1. The number of hydrogen-bond donors (Lipinski definition) is 2. The Bertz CT molecular complexity index is 762. The molecule has 1 atom stereocenters. The maximum absolute atomic E-state index is 10.9. The van der Waals surface area contributed by atoms with Crippen molar-refractivity contribution < 1.29 is 15.0 Å². The number of benzene rings is 3. The molecule has 0 aliphatic rings. The minimum absolute atomic E-state index is 0.354. The van der Waals surface area contributed by atoms with Crippen molar-refractivity contribution in [3.8, 4) is 0 Å². The number of aliphatic carboxylic acids is 1. The van der Waals surface area contributed by atoms with Crippen LogP contribution in [0, 0.1) is 0 Å². The Morgan fingerprint density at radius 2 is 1.12 bits per heavy atom. The average molecular weight is 319 g/mol. The van der Waals surface area contributed by atoms with Gasteiger partial charge in [0.15, 0.2) is 6.10 Å². The van der Waals surface area contributed by atoms with Gasteiger partial charge in [0, 0.05) is 17.1 Å². The molecule has 2 N–H and O–H groups in total. The van der Waals surface area contributed by atoms with Crippen molar-refractivity contribution in [1.29, 1.82) is 0 Å². The van der Waals surface area contributed by atoms with Crippen LogP contribution in [0.3, 0.4) is 0 Å². The normalized spacial score (nSPS) is 11.7. The van der Waals surface area contributed by atoms with Crippen LogP contribution in [0.25, 0.3) is 0 Å². The number of aliphatic hydroxyl groups is 1. The molecule has 0 fully saturated rings. The first-order valence-electron chi connectivity index (χ1n) is 7.58. The van der Waals surface area contributed by atoms with E-state index >= 15 is 0 Å². The Hall–Kier alpha value is -3.11. The highest BCUT2D eigenvalue weighted by molar-refractivity contribution is 5.78. The Kier molecular flexibility index (Phi) is 4.59. The van der Waals surface area contributed by atoms with Crippen LogP contribution >= 0.6 is 0 Å². The summed E-state index contributed by atoms with van der Waals surface area (Å²) in [6, 6.07) is 26.7. The third-order valence-electron chi connectivity index (χ3n) is 3.73. The average Bonchev–Trinajstić information content (AvgIpc) is 2.64. The number of carbonyl (C=O) groups is 1. The molecule has 0 spiro atoms. The minimum Gasteiger partial charge on any atom is -0.479 e. The number of carboxylic acids is 1. The van der Waals surface area contributed by atoms with Crippen LogP contribution in [0.2, 0.25) is 0 Å². The number of hydrogen-bond acceptors (Lipinski definition) is 3. The molecule has 0 bridgehead atoms. The van der Waals surface area contributed by atoms with E-state index in [1.165, 1.54) is 0 Å². The molecule has 0 saturated heterocycles. The van der Waals surface area contributed by atoms with Gasteiger partial charge in [0.2, 0.25) is 0 Å². The first kappa shape index (κ1) is 15.8. The third kappa shape index (κ3) is 3.29. The molecule has 0 amide bonds. The number of para-hydroxylation sites is 2. The van der Waals surface area contributed by atoms with E-state index in [4.69, 9.17) is 5.11 Å². The van der Waals surface area contributed by atoms with Crippen LogP contribution in [0.4, 0.5) is 17.1 Å². The summed E-state index contributed by atoms with van der Waals surface area (Å²) in [5.41, 5.74) is 3.23. The topological polar surface area (TPSA) is 60.8 Å². The Balaban J connectivity index is 2.02. The number of carboxylic acid groups (broad SMARTS) is 1. The van der Waals surface area contributed by atoms with Gasteiger partial charge in [-0.05, 0) is 42.0 Å². The van der Waals surface area contributed by atoms with Crippen LogP contribution in [-0.2, 0) is 4.79 Å². The van der Waals surface area contributed by atoms with Gasteiger partial charge < -0.3 is 15.1 Å². The molecule has 0 aliphatic carbocycles. The van der Waals surface area contributed by atoms with Gasteiger partial charge in [-0.2, -0.15) is 0 Å². The molecule has 0 radical (unpaired) electrons. The van der Waals surface area contributed by atoms with Crippen LogP contribution in [0.5, 0.6) is 0 Å². The first-order valence-corrected chi connectivity index (χ1v) is 7.58. The van der Waals surface area contributed by atoms with Crippen molar-refractivity contribution in [2.24, 2.45) is 0 Å². The highest BCUT2D eigenvalue weighted by Crippen LogP contribution is 2.34. The molecule has 0 aromatic heterocycles. The van der Waals surface area contributed by atoms with Crippen molar-refractivity contribution in [2.45, 2.75) is 6.10 Å². The lowest BCUT2D eigenvalue weighted by Crippen LogP contribution is -2.12. The van der Waals surface area contributed by atoms with E-state index in [1.54, 1.807) is 12.1 Å². The molecular weight excluding hydrogens is 302 g/mol. The van der Waals surface area contributed by atoms with Gasteiger partial charge in [-0.3, -0.25) is 0 Å². The summed E-state index contributed by atoms with van der Waals surface area (Å²) in [5.74, 6) is -1.26. The summed E-state index contributed by atoms with van der Waals surface area (Å²) >= 11 is 0. The fourth-order valence-electron chi connectivity index (χ4n) is 2.55. The van der Waals surface area contributed by atoms with Crippen molar-refractivity contribution in [2.75, 3.05) is 4.90 Å². The van der Waals surface area contributed by atoms with Gasteiger partial charge in [-0.25, -0.2) is 4.79 Å². The molecule has 3 aromatic carbocycles. The van der Waals surface area contributed by atoms with Crippen LogP contribution in [-0.4, -0.2) is 16.2 Å². The van der Waals surface area contributed by atoms with E-state index in [0.29, 0.717) is 5.56 Å². The fourth-order valence-corrected chi connectivity index (χ4v) is 2.55. The molecule has 4 nitrogen and oxygen atoms in total. The van der Waals surface area contributed by atoms with Crippen molar-refractivity contribution in [3.05, 3.63) is 90.5 Å². The zero-order valence-electron chi connectivity index (χ0n) is 12.9. The van der Waals surface area contributed by atoms with Gasteiger partial charge in [-0.1, -0.05) is 48.5 Å². The highest BCUT2D eigenvalue weighted by Gasteiger charge is 2.17. The van der Waals surface area contributed by atoms with Crippen LogP contribution in [0.1, 0.15) is 11.7 Å². The summed E-state index contributed by atoms with van der Waals surface area (Å²) < 4.78 is 0. The summed E-state index contributed by atoms with van der Waals surface area (Å²) in [4.78, 5) is 13.0. The first-order chi connectivity index (χ1) is 11.7. The monoisotopic (exact) mass is 319 g/mol. The second-order valence-electron chi connectivity index (χ2n) is 5.34. The summed E-state index contributed by atoms with van der Waals surface area (Å²) in [5, 5.41) is 18.6. The van der Waals surface area contributed by atoms with Crippen LogP contribution < -0.4 is 4.90 Å². The molecule has 3 aromatic rings. The van der Waals surface area contributed by atoms with E-state index in [-0.39, 0.29) is 0 Å². The van der Waals surface area contributed by atoms with Gasteiger partial charge in [0.1, 0.15) is 0 Å². The third-order valence-corrected chi connectivity index (χ3v) is 3.73. The summed E-state index contributed by atoms with van der Waals surface area (Å²) in [6.07, 6.45) is -1.51. The lowest BCUT2D eigenvalue weighted by molar-refractivity contribution is -0.146. The summed E-state index contributed by atoms with van der Waals surface area (Å²) in [7, 11) is 0. The molecule has 0 aliphatic heterocycles. The smallest absolute Gasteiger partial charge is 0.337 e. The number of aliphatic hydroxyl groups excluding tert-OH is 1. The van der Waals surface area contributed by atoms with Gasteiger partial charge >= 0.3 is 5.97 Å². The zero-order chi connectivity index (χ0) is 16.9. The van der Waals surface area contributed by atoms with Crippen molar-refractivity contribution >= 4 is 23.0 Å². The number of nitrogens with zero attached hydrogens (tertiary/aromatic N) is 1. The highest BCUT2D eigenvalue weighted by atomic mass is 16.4.